The summed E-state index contributed by atoms with van der Waals surface area (Å²) in [5.41, 5.74) is 0.209. The number of anilines is 1. The highest BCUT2D eigenvalue weighted by Gasteiger charge is 2.42. The molecule has 31 heavy (non-hydrogen) atoms. The zero-order valence-corrected chi connectivity index (χ0v) is 17.7. The minimum Gasteiger partial charge on any atom is -0.309 e. The average Bonchev–Trinajstić information content (AvgIpc) is 3.33. The first-order valence-corrected chi connectivity index (χ1v) is 10.4. The molecule has 1 aliphatic carbocycles. The summed E-state index contributed by atoms with van der Waals surface area (Å²) in [7, 11) is 0. The van der Waals surface area contributed by atoms with Crippen LogP contribution in [0.4, 0.5) is 19.0 Å². The molecule has 2 heterocycles. The molecule has 1 amide bonds. The Morgan fingerprint density at radius 1 is 1.19 bits per heavy atom. The van der Waals surface area contributed by atoms with Gasteiger partial charge in [-0.25, -0.2) is 0 Å². The van der Waals surface area contributed by atoms with Gasteiger partial charge in [0.15, 0.2) is 11.5 Å². The number of carbonyl (C=O) groups is 1. The molecule has 0 spiro atoms. The fourth-order valence-corrected chi connectivity index (χ4v) is 3.91. The predicted molar refractivity (Wildman–Crippen MR) is 110 cm³/mol. The van der Waals surface area contributed by atoms with Gasteiger partial charge in [-0.1, -0.05) is 35.3 Å². The smallest absolute Gasteiger partial charge is 0.309 e. The molecule has 1 fully saturated rings. The van der Waals surface area contributed by atoms with Crippen molar-refractivity contribution in [1.82, 2.24) is 19.6 Å². The van der Waals surface area contributed by atoms with Crippen molar-refractivity contribution in [2.45, 2.75) is 44.4 Å². The Balaban J connectivity index is 1.37. The van der Waals surface area contributed by atoms with Crippen LogP contribution in [0.3, 0.4) is 0 Å². The second-order valence-corrected chi connectivity index (χ2v) is 8.18. The Kier molecular flexibility index (Phi) is 5.98. The van der Waals surface area contributed by atoms with Crippen molar-refractivity contribution >= 4 is 34.9 Å². The first-order valence-electron chi connectivity index (χ1n) is 9.62. The summed E-state index contributed by atoms with van der Waals surface area (Å²) >= 11 is 11.9. The maximum Gasteiger partial charge on any atom is 0.436 e. The molecule has 1 saturated carbocycles. The summed E-state index contributed by atoms with van der Waals surface area (Å²) < 4.78 is 42.3. The monoisotopic (exact) mass is 471 g/mol. The third kappa shape index (κ3) is 5.22. The van der Waals surface area contributed by atoms with E-state index in [9.17, 15) is 18.0 Å². The Bertz CT molecular complexity index is 1100. The van der Waals surface area contributed by atoms with Crippen LogP contribution >= 0.6 is 23.2 Å². The summed E-state index contributed by atoms with van der Waals surface area (Å²) in [6.07, 6.45) is -1.46. The van der Waals surface area contributed by atoms with Crippen LogP contribution in [0.1, 0.15) is 42.1 Å². The number of nitrogens with zero attached hydrogens (tertiary/aromatic N) is 4. The number of hydrogen-bond acceptors (Lipinski definition) is 3. The van der Waals surface area contributed by atoms with Gasteiger partial charge >= 0.3 is 6.18 Å². The number of benzene rings is 1. The number of carbonyl (C=O) groups excluding carboxylic acids is 1. The highest BCUT2D eigenvalue weighted by molar-refractivity contribution is 6.32. The van der Waals surface area contributed by atoms with Gasteiger partial charge in [0.1, 0.15) is 0 Å². The van der Waals surface area contributed by atoms with Gasteiger partial charge in [-0.05, 0) is 30.5 Å². The van der Waals surface area contributed by atoms with E-state index in [0.717, 1.165) is 18.4 Å². The van der Waals surface area contributed by atoms with Gasteiger partial charge in [0, 0.05) is 29.6 Å². The molecule has 0 bridgehead atoms. The van der Waals surface area contributed by atoms with E-state index in [1.165, 1.54) is 4.68 Å². The number of alkyl halides is 3. The number of hydrogen-bond donors (Lipinski definition) is 1. The number of rotatable bonds is 7. The molecule has 0 unspecified atom stereocenters. The highest BCUT2D eigenvalue weighted by Crippen LogP contribution is 2.46. The number of aryl methyl sites for hydroxylation is 1. The second-order valence-electron chi connectivity index (χ2n) is 7.37. The number of nitrogens with one attached hydrogen (secondary N) is 1. The highest BCUT2D eigenvalue weighted by atomic mass is 35.5. The molecule has 0 aliphatic heterocycles. The molecule has 11 heteroatoms. The van der Waals surface area contributed by atoms with E-state index in [-0.39, 0.29) is 29.8 Å². The van der Waals surface area contributed by atoms with Crippen molar-refractivity contribution in [2.24, 2.45) is 0 Å². The zero-order chi connectivity index (χ0) is 22.2. The normalized spacial score (nSPS) is 14.1. The molecule has 2 aromatic heterocycles. The Hall–Kier alpha value is -2.52. The van der Waals surface area contributed by atoms with E-state index in [0.29, 0.717) is 23.1 Å². The maximum atomic E-state index is 13.1. The maximum absolute atomic E-state index is 13.1. The SMILES string of the molecule is O=C(CCn1nc(C(F)(F)F)c(Cl)c1C1CC1)Nc1ccn(Cc2cccc(Cl)c2)n1. The Morgan fingerprint density at radius 3 is 2.65 bits per heavy atom. The molecule has 1 N–H and O–H groups in total. The van der Waals surface area contributed by atoms with Crippen LogP contribution in [0, 0.1) is 0 Å². The molecule has 3 aromatic rings. The number of amides is 1. The molecule has 1 aromatic carbocycles. The fourth-order valence-electron chi connectivity index (χ4n) is 3.30. The molecular weight excluding hydrogens is 454 g/mol. The molecule has 4 rings (SSSR count). The van der Waals surface area contributed by atoms with Crippen LogP contribution in [0.25, 0.3) is 0 Å². The van der Waals surface area contributed by atoms with E-state index in [4.69, 9.17) is 23.2 Å². The minimum absolute atomic E-state index is 0.00328. The standard InChI is InChI=1S/C20H18Cl2F3N5O/c21-14-3-1-2-12(10-14)11-29-8-6-15(27-29)26-16(31)7-9-30-18(13-4-5-13)17(22)19(28-30)20(23,24)25/h1-3,6,8,10,13H,4-5,7,9,11H2,(H,26,27,31). The van der Waals surface area contributed by atoms with Gasteiger partial charge < -0.3 is 5.32 Å². The topological polar surface area (TPSA) is 64.7 Å². The first-order chi connectivity index (χ1) is 14.7. The first kappa shape index (κ1) is 21.7. The van der Waals surface area contributed by atoms with Crippen molar-refractivity contribution in [1.29, 1.82) is 0 Å². The molecule has 6 nitrogen and oxygen atoms in total. The lowest BCUT2D eigenvalue weighted by molar-refractivity contribution is -0.141. The molecule has 164 valence electrons. The lowest BCUT2D eigenvalue weighted by atomic mass is 10.2. The van der Waals surface area contributed by atoms with E-state index in [1.54, 1.807) is 23.0 Å². The van der Waals surface area contributed by atoms with Gasteiger partial charge in [-0.2, -0.15) is 23.4 Å². The summed E-state index contributed by atoms with van der Waals surface area (Å²) in [6.45, 7) is 0.476. The van der Waals surface area contributed by atoms with Crippen molar-refractivity contribution in [3.63, 3.8) is 0 Å². The largest absolute Gasteiger partial charge is 0.436 e. The second kappa shape index (κ2) is 8.55. The lowest BCUT2D eigenvalue weighted by Gasteiger charge is -2.07. The molecule has 0 atom stereocenters. The summed E-state index contributed by atoms with van der Waals surface area (Å²) in [4.78, 5) is 12.3. The van der Waals surface area contributed by atoms with E-state index < -0.39 is 11.9 Å². The summed E-state index contributed by atoms with van der Waals surface area (Å²) in [5, 5.41) is 10.8. The van der Waals surface area contributed by atoms with E-state index in [1.807, 2.05) is 18.2 Å². The number of halogens is 5. The van der Waals surface area contributed by atoms with Crippen LogP contribution in [0.15, 0.2) is 36.5 Å². The van der Waals surface area contributed by atoms with Crippen LogP contribution < -0.4 is 5.32 Å². The van der Waals surface area contributed by atoms with Gasteiger partial charge in [-0.3, -0.25) is 14.2 Å². The third-order valence-corrected chi connectivity index (χ3v) is 5.46. The molecule has 0 radical (unpaired) electrons. The van der Waals surface area contributed by atoms with Crippen LogP contribution in [0.2, 0.25) is 10.0 Å². The van der Waals surface area contributed by atoms with Crippen LogP contribution in [-0.4, -0.2) is 25.5 Å². The van der Waals surface area contributed by atoms with Crippen LogP contribution in [-0.2, 0) is 24.1 Å². The molecule has 0 saturated heterocycles. The minimum atomic E-state index is -4.63. The molecule has 1 aliphatic rings. The van der Waals surface area contributed by atoms with Crippen molar-refractivity contribution < 1.29 is 18.0 Å². The van der Waals surface area contributed by atoms with Gasteiger partial charge in [0.25, 0.3) is 0 Å². The van der Waals surface area contributed by atoms with Gasteiger partial charge in [0.05, 0.1) is 23.8 Å². The summed E-state index contributed by atoms with van der Waals surface area (Å²) in [5.74, 6) is -0.0693. The molecular formula is C20H18Cl2F3N5O. The fraction of sp³-hybridized carbons (Fsp3) is 0.350. The summed E-state index contributed by atoms with van der Waals surface area (Å²) in [6, 6.07) is 8.99. The Labute approximate surface area is 185 Å². The quantitative estimate of drug-likeness (QED) is 0.504. The van der Waals surface area contributed by atoms with Crippen molar-refractivity contribution in [3.8, 4) is 0 Å². The zero-order valence-electron chi connectivity index (χ0n) is 16.2. The van der Waals surface area contributed by atoms with E-state index in [2.05, 4.69) is 15.5 Å². The lowest BCUT2D eigenvalue weighted by Crippen LogP contribution is -2.17. The van der Waals surface area contributed by atoms with E-state index >= 15 is 0 Å². The number of aromatic nitrogens is 4. The van der Waals surface area contributed by atoms with Crippen molar-refractivity contribution in [2.75, 3.05) is 5.32 Å². The van der Waals surface area contributed by atoms with Gasteiger partial charge in [0.2, 0.25) is 5.91 Å². The average molecular weight is 472 g/mol. The van der Waals surface area contributed by atoms with Crippen molar-refractivity contribution in [3.05, 3.63) is 63.5 Å². The third-order valence-electron chi connectivity index (χ3n) is 4.86. The Morgan fingerprint density at radius 2 is 1.97 bits per heavy atom. The van der Waals surface area contributed by atoms with Crippen LogP contribution in [0.5, 0.6) is 0 Å². The predicted octanol–water partition coefficient (Wildman–Crippen LogP) is 5.36. The van der Waals surface area contributed by atoms with Gasteiger partial charge in [-0.15, -0.1) is 0 Å².